The molecule has 0 aromatic heterocycles. The molecule has 98 valence electrons. The van der Waals surface area contributed by atoms with E-state index in [0.717, 1.165) is 5.56 Å². The Morgan fingerprint density at radius 3 is 2.47 bits per heavy atom. The fourth-order valence-electron chi connectivity index (χ4n) is 1.86. The first-order valence-electron chi connectivity index (χ1n) is 5.93. The van der Waals surface area contributed by atoms with Crippen molar-refractivity contribution >= 4 is 11.7 Å². The Morgan fingerprint density at radius 1 is 1.16 bits per heavy atom. The summed E-state index contributed by atoms with van der Waals surface area (Å²) in [5.41, 5.74) is 6.85. The van der Waals surface area contributed by atoms with Crippen LogP contribution in [0.25, 0.3) is 0 Å². The van der Waals surface area contributed by atoms with Gasteiger partial charge in [-0.1, -0.05) is 36.4 Å². The summed E-state index contributed by atoms with van der Waals surface area (Å²) in [6.07, 6.45) is -0.249. The largest absolute Gasteiger partial charge is 0.485 e. The second-order valence-electron chi connectivity index (χ2n) is 4.20. The maximum absolute atomic E-state index is 11.2. The lowest BCUT2D eigenvalue weighted by Gasteiger charge is -2.17. The van der Waals surface area contributed by atoms with Crippen LogP contribution >= 0.6 is 0 Å². The van der Waals surface area contributed by atoms with Crippen LogP contribution in [0, 0.1) is 0 Å². The van der Waals surface area contributed by atoms with Crippen molar-refractivity contribution in [3.8, 4) is 5.75 Å². The molecule has 0 aliphatic carbocycles. The molecule has 4 nitrogen and oxygen atoms in total. The Bertz CT molecular complexity index is 581. The van der Waals surface area contributed by atoms with E-state index in [4.69, 9.17) is 15.6 Å². The van der Waals surface area contributed by atoms with Gasteiger partial charge >= 0.3 is 5.97 Å². The number of nitrogens with two attached hydrogens (primary N) is 1. The van der Waals surface area contributed by atoms with E-state index in [1.807, 2.05) is 37.3 Å². The molecule has 0 saturated carbocycles. The second kappa shape index (κ2) is 5.44. The van der Waals surface area contributed by atoms with E-state index in [0.29, 0.717) is 0 Å². The van der Waals surface area contributed by atoms with Crippen molar-refractivity contribution in [3.63, 3.8) is 0 Å². The number of hydrogen-bond donors (Lipinski definition) is 2. The quantitative estimate of drug-likeness (QED) is 0.825. The highest BCUT2D eigenvalue weighted by molar-refractivity contribution is 5.96. The molecule has 0 aliphatic heterocycles. The molecule has 0 fully saturated rings. The third-order valence-electron chi connectivity index (χ3n) is 2.85. The third-order valence-corrected chi connectivity index (χ3v) is 2.85. The predicted octanol–water partition coefficient (Wildman–Crippen LogP) is 3.11. The summed E-state index contributed by atoms with van der Waals surface area (Å²) in [7, 11) is 0. The van der Waals surface area contributed by atoms with Gasteiger partial charge in [-0.05, 0) is 24.6 Å². The number of nitrogen functional groups attached to an aromatic ring is 1. The van der Waals surface area contributed by atoms with Gasteiger partial charge in [-0.25, -0.2) is 4.79 Å². The van der Waals surface area contributed by atoms with Gasteiger partial charge in [0.15, 0.2) is 0 Å². The summed E-state index contributed by atoms with van der Waals surface area (Å²) in [5.74, 6) is -0.808. The van der Waals surface area contributed by atoms with Gasteiger partial charge in [-0.3, -0.25) is 0 Å². The van der Waals surface area contributed by atoms with E-state index in [1.165, 1.54) is 0 Å². The van der Waals surface area contributed by atoms with Gasteiger partial charge in [0.05, 0.1) is 0 Å². The van der Waals surface area contributed by atoms with E-state index in [9.17, 15) is 4.79 Å². The van der Waals surface area contributed by atoms with Crippen LogP contribution in [0.15, 0.2) is 48.5 Å². The van der Waals surface area contributed by atoms with Crippen molar-refractivity contribution in [2.24, 2.45) is 0 Å². The topological polar surface area (TPSA) is 72.5 Å². The molecule has 0 heterocycles. The number of hydrogen-bond acceptors (Lipinski definition) is 3. The van der Waals surface area contributed by atoms with E-state index in [1.54, 1.807) is 18.2 Å². The van der Waals surface area contributed by atoms with E-state index >= 15 is 0 Å². The van der Waals surface area contributed by atoms with Gasteiger partial charge < -0.3 is 15.6 Å². The third kappa shape index (κ3) is 2.85. The van der Waals surface area contributed by atoms with Gasteiger partial charge in [0.2, 0.25) is 0 Å². The molecule has 1 atom stereocenters. The van der Waals surface area contributed by atoms with Crippen LogP contribution in [0.2, 0.25) is 0 Å². The minimum atomic E-state index is -1.09. The molecule has 0 radical (unpaired) electrons. The average Bonchev–Trinajstić information content (AvgIpc) is 2.39. The Labute approximate surface area is 111 Å². The zero-order chi connectivity index (χ0) is 13.8. The Kier molecular flexibility index (Phi) is 3.71. The molecular weight excluding hydrogens is 242 g/mol. The molecule has 2 aromatic carbocycles. The highest BCUT2D eigenvalue weighted by Gasteiger charge is 2.17. The predicted molar refractivity (Wildman–Crippen MR) is 73.3 cm³/mol. The molecule has 19 heavy (non-hydrogen) atoms. The lowest BCUT2D eigenvalue weighted by atomic mass is 10.1. The molecule has 1 unspecified atom stereocenters. The molecule has 4 heteroatoms. The van der Waals surface area contributed by atoms with Crippen LogP contribution in [-0.4, -0.2) is 11.1 Å². The fraction of sp³-hybridized carbons (Fsp3) is 0.133. The minimum absolute atomic E-state index is 0.00489. The monoisotopic (exact) mass is 257 g/mol. The SMILES string of the molecule is CC(Oc1cccc(N)c1C(=O)O)c1ccccc1. The van der Waals surface area contributed by atoms with Crippen molar-refractivity contribution in [1.29, 1.82) is 0 Å². The van der Waals surface area contributed by atoms with Crippen molar-refractivity contribution in [1.82, 2.24) is 0 Å². The lowest BCUT2D eigenvalue weighted by Crippen LogP contribution is -2.09. The summed E-state index contributed by atoms with van der Waals surface area (Å²) in [6.45, 7) is 1.87. The van der Waals surface area contributed by atoms with Crippen LogP contribution in [0.1, 0.15) is 28.9 Å². The van der Waals surface area contributed by atoms with Gasteiger partial charge in [-0.15, -0.1) is 0 Å². The number of ether oxygens (including phenoxy) is 1. The molecular formula is C15H15NO3. The standard InChI is InChI=1S/C15H15NO3/c1-10(11-6-3-2-4-7-11)19-13-9-5-8-12(16)14(13)15(17)18/h2-10H,16H2,1H3,(H,17,18). The number of carboxylic acid groups (broad SMARTS) is 1. The first-order valence-corrected chi connectivity index (χ1v) is 5.93. The highest BCUT2D eigenvalue weighted by Crippen LogP contribution is 2.28. The number of anilines is 1. The maximum atomic E-state index is 11.2. The Hall–Kier alpha value is -2.49. The smallest absolute Gasteiger partial charge is 0.341 e. The Balaban J connectivity index is 2.29. The van der Waals surface area contributed by atoms with Crippen LogP contribution in [0.5, 0.6) is 5.75 Å². The maximum Gasteiger partial charge on any atom is 0.341 e. The number of carbonyl (C=O) groups is 1. The summed E-state index contributed by atoms with van der Waals surface area (Å²) < 4.78 is 5.71. The summed E-state index contributed by atoms with van der Waals surface area (Å²) >= 11 is 0. The number of rotatable bonds is 4. The van der Waals surface area contributed by atoms with E-state index < -0.39 is 5.97 Å². The van der Waals surface area contributed by atoms with Crippen molar-refractivity contribution in [2.45, 2.75) is 13.0 Å². The lowest BCUT2D eigenvalue weighted by molar-refractivity contribution is 0.0691. The van der Waals surface area contributed by atoms with Gasteiger partial charge in [0.1, 0.15) is 17.4 Å². The first-order chi connectivity index (χ1) is 9.09. The normalized spacial score (nSPS) is 11.8. The average molecular weight is 257 g/mol. The van der Waals surface area contributed by atoms with Gasteiger partial charge in [0, 0.05) is 5.69 Å². The molecule has 0 spiro atoms. The van der Waals surface area contributed by atoms with E-state index in [2.05, 4.69) is 0 Å². The molecule has 0 saturated heterocycles. The highest BCUT2D eigenvalue weighted by atomic mass is 16.5. The number of benzene rings is 2. The molecule has 0 bridgehead atoms. The molecule has 0 amide bonds. The van der Waals surface area contributed by atoms with Gasteiger partial charge in [0.25, 0.3) is 0 Å². The van der Waals surface area contributed by atoms with Crippen molar-refractivity contribution in [2.75, 3.05) is 5.73 Å². The Morgan fingerprint density at radius 2 is 1.84 bits per heavy atom. The zero-order valence-corrected chi connectivity index (χ0v) is 10.5. The zero-order valence-electron chi connectivity index (χ0n) is 10.5. The first kappa shape index (κ1) is 13.0. The summed E-state index contributed by atoms with van der Waals surface area (Å²) in [6, 6.07) is 14.4. The second-order valence-corrected chi connectivity index (χ2v) is 4.20. The van der Waals surface area contributed by atoms with Crippen molar-refractivity contribution < 1.29 is 14.6 Å². The number of aromatic carboxylic acids is 1. The minimum Gasteiger partial charge on any atom is -0.485 e. The van der Waals surface area contributed by atoms with Crippen LogP contribution in [-0.2, 0) is 0 Å². The van der Waals surface area contributed by atoms with Crippen LogP contribution in [0.3, 0.4) is 0 Å². The molecule has 0 aliphatic rings. The van der Waals surface area contributed by atoms with Crippen LogP contribution < -0.4 is 10.5 Å². The van der Waals surface area contributed by atoms with Gasteiger partial charge in [-0.2, -0.15) is 0 Å². The van der Waals surface area contributed by atoms with E-state index in [-0.39, 0.29) is 23.1 Å². The van der Waals surface area contributed by atoms with Crippen molar-refractivity contribution in [3.05, 3.63) is 59.7 Å². The summed E-state index contributed by atoms with van der Waals surface area (Å²) in [5, 5.41) is 9.17. The summed E-state index contributed by atoms with van der Waals surface area (Å²) in [4.78, 5) is 11.2. The van der Waals surface area contributed by atoms with Crippen LogP contribution in [0.4, 0.5) is 5.69 Å². The molecule has 2 aromatic rings. The molecule has 2 rings (SSSR count). The number of carboxylic acids is 1. The fourth-order valence-corrected chi connectivity index (χ4v) is 1.86. The molecule has 3 N–H and O–H groups in total.